The van der Waals surface area contributed by atoms with Gasteiger partial charge in [-0.1, -0.05) is 28.1 Å². The molecule has 2 rings (SSSR count). The molecule has 1 aromatic carbocycles. The average molecular weight is 325 g/mol. The smallest absolute Gasteiger partial charge is 0.219 e. The molecule has 0 aromatic heterocycles. The molecule has 1 saturated heterocycles. The molecule has 0 aliphatic carbocycles. The van der Waals surface area contributed by atoms with E-state index in [4.69, 9.17) is 0 Å². The maximum absolute atomic E-state index is 11.3. The van der Waals surface area contributed by atoms with Crippen molar-refractivity contribution >= 4 is 21.8 Å². The number of hydrogen-bond acceptors (Lipinski definition) is 2. The van der Waals surface area contributed by atoms with E-state index in [0.29, 0.717) is 12.1 Å². The molecule has 104 valence electrons. The monoisotopic (exact) mass is 324 g/mol. The van der Waals surface area contributed by atoms with Crippen LogP contribution in [-0.4, -0.2) is 29.9 Å². The summed E-state index contributed by atoms with van der Waals surface area (Å²) in [6.07, 6.45) is 2.08. The van der Waals surface area contributed by atoms with E-state index >= 15 is 0 Å². The van der Waals surface area contributed by atoms with E-state index in [1.54, 1.807) is 6.92 Å². The molecule has 1 heterocycles. The summed E-state index contributed by atoms with van der Waals surface area (Å²) >= 11 is 3.46. The van der Waals surface area contributed by atoms with Gasteiger partial charge in [-0.2, -0.15) is 0 Å². The van der Waals surface area contributed by atoms with Crippen LogP contribution in [-0.2, 0) is 4.79 Å². The molecule has 0 radical (unpaired) electrons. The molecule has 0 saturated carbocycles. The summed E-state index contributed by atoms with van der Waals surface area (Å²) in [4.78, 5) is 13.2. The summed E-state index contributed by atoms with van der Waals surface area (Å²) in [6, 6.07) is 9.30. The molecule has 1 amide bonds. The Labute approximate surface area is 123 Å². The zero-order valence-corrected chi connectivity index (χ0v) is 13.1. The Kier molecular flexibility index (Phi) is 4.99. The lowest BCUT2D eigenvalue weighted by Crippen LogP contribution is -2.44. The molecule has 1 aliphatic rings. The van der Waals surface area contributed by atoms with Crippen molar-refractivity contribution in [2.75, 3.05) is 13.1 Å². The molecule has 1 unspecified atom stereocenters. The summed E-state index contributed by atoms with van der Waals surface area (Å²) in [5.41, 5.74) is 1.30. The summed E-state index contributed by atoms with van der Waals surface area (Å²) in [5, 5.41) is 3.66. The van der Waals surface area contributed by atoms with Crippen LogP contribution < -0.4 is 5.32 Å². The maximum Gasteiger partial charge on any atom is 0.219 e. The van der Waals surface area contributed by atoms with Crippen LogP contribution in [0.2, 0.25) is 0 Å². The average Bonchev–Trinajstić information content (AvgIpc) is 2.40. The molecule has 4 heteroatoms. The number of likely N-dealkylation sites (tertiary alicyclic amines) is 1. The van der Waals surface area contributed by atoms with E-state index in [1.165, 1.54) is 5.56 Å². The lowest BCUT2D eigenvalue weighted by atomic mass is 10.0. The molecule has 1 fully saturated rings. The zero-order valence-electron chi connectivity index (χ0n) is 11.5. The standard InChI is InChI=1S/C15H21BrN2O/c1-11(13-3-5-14(16)6-4-13)17-15-7-9-18(10-8-15)12(2)19/h3-6,11,15,17H,7-10H2,1-2H3. The largest absolute Gasteiger partial charge is 0.343 e. The number of amides is 1. The van der Waals surface area contributed by atoms with Gasteiger partial charge in [0.2, 0.25) is 5.91 Å². The second-order valence-electron chi connectivity index (χ2n) is 5.22. The van der Waals surface area contributed by atoms with E-state index in [9.17, 15) is 4.79 Å². The molecule has 1 aromatic rings. The minimum absolute atomic E-state index is 0.194. The van der Waals surface area contributed by atoms with E-state index < -0.39 is 0 Å². The van der Waals surface area contributed by atoms with Crippen LogP contribution in [0, 0.1) is 0 Å². The summed E-state index contributed by atoms with van der Waals surface area (Å²) in [6.45, 7) is 5.60. The van der Waals surface area contributed by atoms with Crippen molar-refractivity contribution in [2.24, 2.45) is 0 Å². The minimum atomic E-state index is 0.194. The molecule has 1 N–H and O–H groups in total. The molecule has 0 bridgehead atoms. The highest BCUT2D eigenvalue weighted by molar-refractivity contribution is 9.10. The van der Waals surface area contributed by atoms with Crippen LogP contribution >= 0.6 is 15.9 Å². The number of nitrogens with one attached hydrogen (secondary N) is 1. The maximum atomic E-state index is 11.3. The van der Waals surface area contributed by atoms with E-state index in [-0.39, 0.29) is 5.91 Å². The SMILES string of the molecule is CC(=O)N1CCC(NC(C)c2ccc(Br)cc2)CC1. The highest BCUT2D eigenvalue weighted by atomic mass is 79.9. The summed E-state index contributed by atoms with van der Waals surface area (Å²) in [7, 11) is 0. The molecule has 19 heavy (non-hydrogen) atoms. The van der Waals surface area contributed by atoms with Gasteiger partial charge < -0.3 is 10.2 Å². The molecular formula is C15H21BrN2O. The van der Waals surface area contributed by atoms with E-state index in [0.717, 1.165) is 30.4 Å². The highest BCUT2D eigenvalue weighted by Gasteiger charge is 2.21. The number of nitrogens with zero attached hydrogens (tertiary/aromatic N) is 1. The van der Waals surface area contributed by atoms with Gasteiger partial charge in [-0.3, -0.25) is 4.79 Å². The molecular weight excluding hydrogens is 304 g/mol. The fourth-order valence-corrected chi connectivity index (χ4v) is 2.83. The second kappa shape index (κ2) is 6.53. The number of hydrogen-bond donors (Lipinski definition) is 1. The predicted octanol–water partition coefficient (Wildman–Crippen LogP) is 3.11. The van der Waals surface area contributed by atoms with Crippen molar-refractivity contribution in [1.82, 2.24) is 10.2 Å². The Morgan fingerprint density at radius 3 is 2.42 bits per heavy atom. The quantitative estimate of drug-likeness (QED) is 0.926. The summed E-state index contributed by atoms with van der Waals surface area (Å²) in [5.74, 6) is 0.194. The third-order valence-corrected chi connectivity index (χ3v) is 4.32. The number of benzene rings is 1. The number of carbonyl (C=O) groups is 1. The zero-order chi connectivity index (χ0) is 13.8. The Morgan fingerprint density at radius 1 is 1.32 bits per heavy atom. The van der Waals surface area contributed by atoms with Gasteiger partial charge in [-0.15, -0.1) is 0 Å². The molecule has 1 aliphatic heterocycles. The van der Waals surface area contributed by atoms with Crippen LogP contribution in [0.15, 0.2) is 28.7 Å². The van der Waals surface area contributed by atoms with Crippen LogP contribution in [0.1, 0.15) is 38.3 Å². The van der Waals surface area contributed by atoms with E-state index in [1.807, 2.05) is 4.90 Å². The first-order valence-electron chi connectivity index (χ1n) is 6.83. The van der Waals surface area contributed by atoms with Crippen molar-refractivity contribution in [1.29, 1.82) is 0 Å². The first-order valence-corrected chi connectivity index (χ1v) is 7.62. The number of carbonyl (C=O) groups excluding carboxylic acids is 1. The Morgan fingerprint density at radius 2 is 1.89 bits per heavy atom. The van der Waals surface area contributed by atoms with Gasteiger partial charge in [0.15, 0.2) is 0 Å². The fraction of sp³-hybridized carbons (Fsp3) is 0.533. The number of halogens is 1. The van der Waals surface area contributed by atoms with Gasteiger partial charge >= 0.3 is 0 Å². The normalized spacial score (nSPS) is 18.4. The third kappa shape index (κ3) is 4.05. The Balaban J connectivity index is 1.85. The van der Waals surface area contributed by atoms with Crippen molar-refractivity contribution in [3.63, 3.8) is 0 Å². The molecule has 3 nitrogen and oxygen atoms in total. The Hall–Kier alpha value is -0.870. The molecule has 0 spiro atoms. The third-order valence-electron chi connectivity index (χ3n) is 3.80. The fourth-order valence-electron chi connectivity index (χ4n) is 2.56. The van der Waals surface area contributed by atoms with Gasteiger partial charge in [-0.05, 0) is 37.5 Å². The first-order chi connectivity index (χ1) is 9.06. The van der Waals surface area contributed by atoms with Gasteiger partial charge in [0, 0.05) is 36.6 Å². The lowest BCUT2D eigenvalue weighted by Gasteiger charge is -2.33. The second-order valence-corrected chi connectivity index (χ2v) is 6.14. The lowest BCUT2D eigenvalue weighted by molar-refractivity contribution is -0.129. The van der Waals surface area contributed by atoms with Crippen LogP contribution in [0.25, 0.3) is 0 Å². The topological polar surface area (TPSA) is 32.3 Å². The van der Waals surface area contributed by atoms with Gasteiger partial charge in [0.05, 0.1) is 0 Å². The minimum Gasteiger partial charge on any atom is -0.343 e. The van der Waals surface area contributed by atoms with Crippen LogP contribution in [0.5, 0.6) is 0 Å². The van der Waals surface area contributed by atoms with Gasteiger partial charge in [0.1, 0.15) is 0 Å². The number of rotatable bonds is 3. The van der Waals surface area contributed by atoms with Crippen LogP contribution in [0.4, 0.5) is 0 Å². The number of piperidine rings is 1. The highest BCUT2D eigenvalue weighted by Crippen LogP contribution is 2.19. The summed E-state index contributed by atoms with van der Waals surface area (Å²) < 4.78 is 1.11. The predicted molar refractivity (Wildman–Crippen MR) is 81.0 cm³/mol. The van der Waals surface area contributed by atoms with Crippen molar-refractivity contribution in [3.05, 3.63) is 34.3 Å². The Bertz CT molecular complexity index is 424. The van der Waals surface area contributed by atoms with Crippen molar-refractivity contribution in [2.45, 2.75) is 38.8 Å². The molecule has 1 atom stereocenters. The van der Waals surface area contributed by atoms with Gasteiger partial charge in [0.25, 0.3) is 0 Å². The first kappa shape index (κ1) is 14.5. The van der Waals surface area contributed by atoms with Gasteiger partial charge in [-0.25, -0.2) is 0 Å². The van der Waals surface area contributed by atoms with Crippen molar-refractivity contribution in [3.8, 4) is 0 Å². The van der Waals surface area contributed by atoms with Crippen LogP contribution in [0.3, 0.4) is 0 Å². The van der Waals surface area contributed by atoms with Crippen molar-refractivity contribution < 1.29 is 4.79 Å². The van der Waals surface area contributed by atoms with E-state index in [2.05, 4.69) is 52.4 Å².